The second-order valence-electron chi connectivity index (χ2n) is 6.53. The molecular formula is C17H20N2O5. The zero-order valence-corrected chi connectivity index (χ0v) is 13.9. The molecule has 1 aliphatic rings. The SMILES string of the molecule is Cc1ccc2c(c1)C(=O)N(CC(=O)NCCC(C)(C)C(=O)O)C2=O. The number of aliphatic carboxylic acids is 1. The molecule has 128 valence electrons. The van der Waals surface area contributed by atoms with Crippen LogP contribution in [0.15, 0.2) is 18.2 Å². The highest BCUT2D eigenvalue weighted by Crippen LogP contribution is 2.23. The predicted molar refractivity (Wildman–Crippen MR) is 85.6 cm³/mol. The van der Waals surface area contributed by atoms with Crippen LogP contribution in [0.1, 0.15) is 46.5 Å². The van der Waals surface area contributed by atoms with Gasteiger partial charge in [-0.2, -0.15) is 0 Å². The van der Waals surface area contributed by atoms with E-state index in [-0.39, 0.29) is 19.5 Å². The maximum absolute atomic E-state index is 12.3. The molecule has 0 bridgehead atoms. The van der Waals surface area contributed by atoms with Crippen LogP contribution in [0.3, 0.4) is 0 Å². The van der Waals surface area contributed by atoms with Crippen molar-refractivity contribution in [2.24, 2.45) is 5.41 Å². The number of amides is 3. The first-order chi connectivity index (χ1) is 11.1. The second-order valence-corrected chi connectivity index (χ2v) is 6.53. The lowest BCUT2D eigenvalue weighted by molar-refractivity contribution is -0.147. The number of hydrogen-bond acceptors (Lipinski definition) is 4. The average Bonchev–Trinajstić information content (AvgIpc) is 2.71. The predicted octanol–water partition coefficient (Wildman–Crippen LogP) is 1.21. The van der Waals surface area contributed by atoms with Gasteiger partial charge >= 0.3 is 5.97 Å². The first kappa shape index (κ1) is 17.7. The Labute approximate surface area is 139 Å². The molecule has 1 heterocycles. The average molecular weight is 332 g/mol. The zero-order chi connectivity index (χ0) is 18.1. The van der Waals surface area contributed by atoms with E-state index in [4.69, 9.17) is 5.11 Å². The van der Waals surface area contributed by atoms with Gasteiger partial charge in [-0.1, -0.05) is 11.6 Å². The number of rotatable bonds is 6. The summed E-state index contributed by atoms with van der Waals surface area (Å²) in [5.74, 6) is -2.43. The summed E-state index contributed by atoms with van der Waals surface area (Å²) in [6.07, 6.45) is 0.245. The highest BCUT2D eigenvalue weighted by molar-refractivity contribution is 6.22. The molecule has 0 fully saturated rings. The Hall–Kier alpha value is -2.70. The van der Waals surface area contributed by atoms with Gasteiger partial charge in [0.05, 0.1) is 16.5 Å². The minimum Gasteiger partial charge on any atom is -0.481 e. The Balaban J connectivity index is 1.95. The fourth-order valence-corrected chi connectivity index (χ4v) is 2.37. The normalized spacial score (nSPS) is 13.9. The van der Waals surface area contributed by atoms with Crippen LogP contribution in [-0.4, -0.2) is 46.8 Å². The third kappa shape index (κ3) is 3.45. The van der Waals surface area contributed by atoms with Gasteiger partial charge in [-0.05, 0) is 39.3 Å². The van der Waals surface area contributed by atoms with Crippen molar-refractivity contribution in [2.75, 3.05) is 13.1 Å². The van der Waals surface area contributed by atoms with Crippen molar-refractivity contribution >= 4 is 23.7 Å². The van der Waals surface area contributed by atoms with E-state index in [1.807, 2.05) is 6.92 Å². The van der Waals surface area contributed by atoms with Gasteiger partial charge in [0.2, 0.25) is 5.91 Å². The Bertz CT molecular complexity index is 724. The lowest BCUT2D eigenvalue weighted by Crippen LogP contribution is -2.41. The molecule has 0 unspecified atom stereocenters. The summed E-state index contributed by atoms with van der Waals surface area (Å²) in [6.45, 7) is 4.72. The number of carbonyl (C=O) groups excluding carboxylic acids is 3. The molecule has 0 saturated carbocycles. The van der Waals surface area contributed by atoms with E-state index in [0.717, 1.165) is 10.5 Å². The minimum absolute atomic E-state index is 0.153. The van der Waals surface area contributed by atoms with Crippen molar-refractivity contribution in [3.8, 4) is 0 Å². The van der Waals surface area contributed by atoms with E-state index in [0.29, 0.717) is 11.1 Å². The molecule has 0 saturated heterocycles. The molecule has 2 rings (SSSR count). The lowest BCUT2D eigenvalue weighted by atomic mass is 9.90. The standard InChI is InChI=1S/C17H20N2O5/c1-10-4-5-11-12(8-10)15(22)19(14(11)21)9-13(20)18-7-6-17(2,3)16(23)24/h4-5,8H,6-7,9H2,1-3H3,(H,18,20)(H,23,24). The van der Waals surface area contributed by atoms with Crippen LogP contribution >= 0.6 is 0 Å². The molecule has 0 atom stereocenters. The molecule has 0 spiro atoms. The van der Waals surface area contributed by atoms with Crippen LogP contribution in [0.2, 0.25) is 0 Å². The number of fused-ring (bicyclic) bond motifs is 1. The van der Waals surface area contributed by atoms with Gasteiger partial charge in [0, 0.05) is 6.54 Å². The van der Waals surface area contributed by atoms with Gasteiger partial charge in [-0.25, -0.2) is 0 Å². The molecule has 1 aromatic carbocycles. The van der Waals surface area contributed by atoms with Gasteiger partial charge < -0.3 is 10.4 Å². The molecule has 0 aliphatic carbocycles. The number of carboxylic acids is 1. The highest BCUT2D eigenvalue weighted by atomic mass is 16.4. The lowest BCUT2D eigenvalue weighted by Gasteiger charge is -2.19. The minimum atomic E-state index is -0.958. The quantitative estimate of drug-likeness (QED) is 0.762. The summed E-state index contributed by atoms with van der Waals surface area (Å²) in [5.41, 5.74) is 0.502. The topological polar surface area (TPSA) is 104 Å². The molecule has 2 N–H and O–H groups in total. The molecule has 0 aromatic heterocycles. The Morgan fingerprint density at radius 2 is 1.79 bits per heavy atom. The summed E-state index contributed by atoms with van der Waals surface area (Å²) >= 11 is 0. The number of nitrogens with zero attached hydrogens (tertiary/aromatic N) is 1. The number of nitrogens with one attached hydrogen (secondary N) is 1. The largest absolute Gasteiger partial charge is 0.481 e. The summed E-state index contributed by atoms with van der Waals surface area (Å²) < 4.78 is 0. The molecule has 7 nitrogen and oxygen atoms in total. The van der Waals surface area contributed by atoms with Crippen molar-refractivity contribution in [1.29, 1.82) is 0 Å². The van der Waals surface area contributed by atoms with Crippen molar-refractivity contribution < 1.29 is 24.3 Å². The van der Waals surface area contributed by atoms with E-state index < -0.39 is 29.1 Å². The highest BCUT2D eigenvalue weighted by Gasteiger charge is 2.36. The molecular weight excluding hydrogens is 312 g/mol. The third-order valence-corrected chi connectivity index (χ3v) is 4.08. The summed E-state index contributed by atoms with van der Waals surface area (Å²) in [7, 11) is 0. The number of hydrogen-bond donors (Lipinski definition) is 2. The van der Waals surface area contributed by atoms with E-state index in [1.54, 1.807) is 32.0 Å². The summed E-state index contributed by atoms with van der Waals surface area (Å²) in [5, 5.41) is 11.6. The number of aryl methyl sites for hydroxylation is 1. The van der Waals surface area contributed by atoms with Crippen LogP contribution in [0.4, 0.5) is 0 Å². The van der Waals surface area contributed by atoms with E-state index in [1.165, 1.54) is 0 Å². The van der Waals surface area contributed by atoms with Gasteiger partial charge in [0.25, 0.3) is 11.8 Å². The second kappa shape index (κ2) is 6.43. The van der Waals surface area contributed by atoms with Gasteiger partial charge in [-0.3, -0.25) is 24.1 Å². The van der Waals surface area contributed by atoms with Crippen LogP contribution in [0.25, 0.3) is 0 Å². The van der Waals surface area contributed by atoms with Gasteiger partial charge in [0.15, 0.2) is 0 Å². The van der Waals surface area contributed by atoms with Crippen molar-refractivity contribution in [3.05, 3.63) is 34.9 Å². The van der Waals surface area contributed by atoms with Crippen LogP contribution in [-0.2, 0) is 9.59 Å². The van der Waals surface area contributed by atoms with Crippen molar-refractivity contribution in [1.82, 2.24) is 10.2 Å². The first-order valence-electron chi connectivity index (χ1n) is 7.60. The Kier molecular flexibility index (Phi) is 4.73. The van der Waals surface area contributed by atoms with Crippen molar-refractivity contribution in [2.45, 2.75) is 27.2 Å². The number of benzene rings is 1. The van der Waals surface area contributed by atoms with E-state index in [9.17, 15) is 19.2 Å². The number of carboxylic acid groups (broad SMARTS) is 1. The van der Waals surface area contributed by atoms with Crippen molar-refractivity contribution in [3.63, 3.8) is 0 Å². The summed E-state index contributed by atoms with van der Waals surface area (Å²) in [6, 6.07) is 4.95. The van der Waals surface area contributed by atoms with E-state index >= 15 is 0 Å². The molecule has 7 heteroatoms. The maximum atomic E-state index is 12.3. The first-order valence-corrected chi connectivity index (χ1v) is 7.60. The van der Waals surface area contributed by atoms with Gasteiger partial charge in [-0.15, -0.1) is 0 Å². The third-order valence-electron chi connectivity index (χ3n) is 4.08. The fourth-order valence-electron chi connectivity index (χ4n) is 2.37. The fraction of sp³-hybridized carbons (Fsp3) is 0.412. The molecule has 0 radical (unpaired) electrons. The Morgan fingerprint density at radius 3 is 2.42 bits per heavy atom. The molecule has 1 aliphatic heterocycles. The maximum Gasteiger partial charge on any atom is 0.309 e. The Morgan fingerprint density at radius 1 is 1.17 bits per heavy atom. The van der Waals surface area contributed by atoms with Crippen LogP contribution in [0, 0.1) is 12.3 Å². The monoisotopic (exact) mass is 332 g/mol. The zero-order valence-electron chi connectivity index (χ0n) is 13.9. The smallest absolute Gasteiger partial charge is 0.309 e. The van der Waals surface area contributed by atoms with Gasteiger partial charge in [0.1, 0.15) is 6.54 Å². The number of carbonyl (C=O) groups is 4. The summed E-state index contributed by atoms with van der Waals surface area (Å²) in [4.78, 5) is 48.4. The molecule has 3 amide bonds. The molecule has 24 heavy (non-hydrogen) atoms. The van der Waals surface area contributed by atoms with Crippen LogP contribution < -0.4 is 5.32 Å². The molecule has 1 aromatic rings. The van der Waals surface area contributed by atoms with Crippen LogP contribution in [0.5, 0.6) is 0 Å². The number of imide groups is 1. The van der Waals surface area contributed by atoms with E-state index in [2.05, 4.69) is 5.32 Å².